The van der Waals surface area contributed by atoms with Gasteiger partial charge in [-0.05, 0) is 30.7 Å². The summed E-state index contributed by atoms with van der Waals surface area (Å²) in [5.41, 5.74) is -0.682. The zero-order chi connectivity index (χ0) is 18.3. The second-order valence-corrected chi connectivity index (χ2v) is 5.90. The van der Waals surface area contributed by atoms with Gasteiger partial charge in [0, 0.05) is 33.2 Å². The van der Waals surface area contributed by atoms with E-state index in [4.69, 9.17) is 9.47 Å². The molecule has 1 aromatic carbocycles. The van der Waals surface area contributed by atoms with Crippen molar-refractivity contribution in [1.82, 2.24) is 10.2 Å². The van der Waals surface area contributed by atoms with Gasteiger partial charge in [-0.1, -0.05) is 0 Å². The molecule has 1 aliphatic heterocycles. The summed E-state index contributed by atoms with van der Waals surface area (Å²) in [6.07, 6.45) is -3.26. The lowest BCUT2D eigenvalue weighted by Crippen LogP contribution is -2.41. The van der Waals surface area contributed by atoms with Crippen LogP contribution in [0.5, 0.6) is 5.75 Å². The highest BCUT2D eigenvalue weighted by atomic mass is 19.4. The molecular formula is C17H24F3N3O2. The van der Waals surface area contributed by atoms with Gasteiger partial charge < -0.3 is 19.7 Å². The molecule has 0 aromatic heterocycles. The summed E-state index contributed by atoms with van der Waals surface area (Å²) >= 11 is 0. The summed E-state index contributed by atoms with van der Waals surface area (Å²) in [6.45, 7) is 3.41. The first-order valence-electron chi connectivity index (χ1n) is 8.18. The highest BCUT2D eigenvalue weighted by molar-refractivity contribution is 5.80. The van der Waals surface area contributed by atoms with Crippen molar-refractivity contribution in [3.63, 3.8) is 0 Å². The molecule has 1 unspecified atom stereocenters. The fourth-order valence-electron chi connectivity index (χ4n) is 2.80. The van der Waals surface area contributed by atoms with Gasteiger partial charge in [0.2, 0.25) is 0 Å². The molecule has 0 spiro atoms. The molecule has 0 radical (unpaired) electrons. The molecule has 5 nitrogen and oxygen atoms in total. The van der Waals surface area contributed by atoms with Gasteiger partial charge in [-0.3, -0.25) is 4.99 Å². The SMILES string of the molecule is CN=C(NCCOc1ccc(C(F)(F)F)cc1)N1CCC(COC)C1. The van der Waals surface area contributed by atoms with E-state index >= 15 is 0 Å². The number of hydrogen-bond donors (Lipinski definition) is 1. The maximum Gasteiger partial charge on any atom is 0.416 e. The van der Waals surface area contributed by atoms with Crippen LogP contribution < -0.4 is 10.1 Å². The van der Waals surface area contributed by atoms with Crippen LogP contribution in [0.4, 0.5) is 13.2 Å². The number of nitrogens with one attached hydrogen (secondary N) is 1. The van der Waals surface area contributed by atoms with Crippen LogP contribution in [-0.2, 0) is 10.9 Å². The number of benzene rings is 1. The Labute approximate surface area is 145 Å². The molecule has 8 heteroatoms. The number of alkyl halides is 3. The van der Waals surface area contributed by atoms with E-state index in [1.165, 1.54) is 12.1 Å². The number of guanidine groups is 1. The summed E-state index contributed by atoms with van der Waals surface area (Å²) < 4.78 is 48.2. The summed E-state index contributed by atoms with van der Waals surface area (Å²) in [6, 6.07) is 4.69. The van der Waals surface area contributed by atoms with Gasteiger partial charge >= 0.3 is 6.18 Å². The van der Waals surface area contributed by atoms with Gasteiger partial charge in [0.25, 0.3) is 0 Å². The van der Waals surface area contributed by atoms with Crippen LogP contribution in [-0.4, -0.2) is 57.9 Å². The molecule has 2 rings (SSSR count). The molecule has 0 amide bonds. The Morgan fingerprint density at radius 2 is 2.04 bits per heavy atom. The number of hydrogen-bond acceptors (Lipinski definition) is 3. The minimum absolute atomic E-state index is 0.333. The average molecular weight is 359 g/mol. The molecule has 1 heterocycles. The van der Waals surface area contributed by atoms with E-state index in [0.29, 0.717) is 24.8 Å². The smallest absolute Gasteiger partial charge is 0.416 e. The van der Waals surface area contributed by atoms with Crippen molar-refractivity contribution in [1.29, 1.82) is 0 Å². The van der Waals surface area contributed by atoms with Crippen LogP contribution in [0.15, 0.2) is 29.3 Å². The predicted octanol–water partition coefficient (Wildman–Crippen LogP) is 2.63. The number of likely N-dealkylation sites (tertiary alicyclic amines) is 1. The van der Waals surface area contributed by atoms with Crippen LogP contribution >= 0.6 is 0 Å². The van der Waals surface area contributed by atoms with Crippen LogP contribution in [0, 0.1) is 5.92 Å². The Balaban J connectivity index is 1.73. The molecule has 1 aromatic rings. The molecule has 0 aliphatic carbocycles. The molecule has 25 heavy (non-hydrogen) atoms. The molecule has 1 atom stereocenters. The van der Waals surface area contributed by atoms with E-state index in [0.717, 1.165) is 44.2 Å². The van der Waals surface area contributed by atoms with E-state index in [-0.39, 0.29) is 0 Å². The zero-order valence-electron chi connectivity index (χ0n) is 14.5. The highest BCUT2D eigenvalue weighted by Crippen LogP contribution is 2.30. The average Bonchev–Trinajstić information content (AvgIpc) is 3.03. The Morgan fingerprint density at radius 3 is 2.64 bits per heavy atom. The first kappa shape index (κ1) is 19.4. The maximum atomic E-state index is 12.5. The van der Waals surface area contributed by atoms with Crippen LogP contribution in [0.3, 0.4) is 0 Å². The van der Waals surface area contributed by atoms with Crippen molar-refractivity contribution in [3.8, 4) is 5.75 Å². The molecule has 1 fully saturated rings. The van der Waals surface area contributed by atoms with Gasteiger partial charge in [0.1, 0.15) is 12.4 Å². The van der Waals surface area contributed by atoms with Crippen LogP contribution in [0.25, 0.3) is 0 Å². The zero-order valence-corrected chi connectivity index (χ0v) is 14.5. The van der Waals surface area contributed by atoms with E-state index in [2.05, 4.69) is 15.2 Å². The van der Waals surface area contributed by atoms with Gasteiger partial charge in [0.05, 0.1) is 18.7 Å². The van der Waals surface area contributed by atoms with Gasteiger partial charge in [0.15, 0.2) is 5.96 Å². The van der Waals surface area contributed by atoms with E-state index in [1.807, 2.05) is 0 Å². The van der Waals surface area contributed by atoms with Crippen LogP contribution in [0.1, 0.15) is 12.0 Å². The Bertz CT molecular complexity index is 561. The molecular weight excluding hydrogens is 335 g/mol. The fraction of sp³-hybridized carbons (Fsp3) is 0.588. The molecule has 1 N–H and O–H groups in total. The summed E-state index contributed by atoms with van der Waals surface area (Å²) in [5.74, 6) is 1.72. The number of halogens is 3. The van der Waals surface area contributed by atoms with E-state index in [1.54, 1.807) is 14.2 Å². The lowest BCUT2D eigenvalue weighted by molar-refractivity contribution is -0.137. The van der Waals surface area contributed by atoms with Gasteiger partial charge in [-0.2, -0.15) is 13.2 Å². The predicted molar refractivity (Wildman–Crippen MR) is 89.9 cm³/mol. The number of ether oxygens (including phenoxy) is 2. The highest BCUT2D eigenvalue weighted by Gasteiger charge is 2.30. The third-order valence-electron chi connectivity index (χ3n) is 4.04. The summed E-state index contributed by atoms with van der Waals surface area (Å²) in [4.78, 5) is 6.43. The lowest BCUT2D eigenvalue weighted by atomic mass is 10.1. The van der Waals surface area contributed by atoms with Crippen molar-refractivity contribution in [2.45, 2.75) is 12.6 Å². The quantitative estimate of drug-likeness (QED) is 0.482. The van der Waals surface area contributed by atoms with Crippen molar-refractivity contribution in [2.24, 2.45) is 10.9 Å². The molecule has 140 valence electrons. The van der Waals surface area contributed by atoms with E-state index < -0.39 is 11.7 Å². The van der Waals surface area contributed by atoms with Crippen molar-refractivity contribution in [2.75, 3.05) is 47.0 Å². The molecule has 0 bridgehead atoms. The van der Waals surface area contributed by atoms with Crippen LogP contribution in [0.2, 0.25) is 0 Å². The largest absolute Gasteiger partial charge is 0.492 e. The van der Waals surface area contributed by atoms with Crippen molar-refractivity contribution < 1.29 is 22.6 Å². The summed E-state index contributed by atoms with van der Waals surface area (Å²) in [5, 5.41) is 3.21. The third kappa shape index (κ3) is 5.81. The first-order valence-corrected chi connectivity index (χ1v) is 8.18. The fourth-order valence-corrected chi connectivity index (χ4v) is 2.80. The van der Waals surface area contributed by atoms with Gasteiger partial charge in [-0.25, -0.2) is 0 Å². The number of nitrogens with zero attached hydrogens (tertiary/aromatic N) is 2. The Kier molecular flexibility index (Phi) is 6.92. The lowest BCUT2D eigenvalue weighted by Gasteiger charge is -2.21. The number of methoxy groups -OCH3 is 1. The third-order valence-corrected chi connectivity index (χ3v) is 4.04. The van der Waals surface area contributed by atoms with Crippen molar-refractivity contribution >= 4 is 5.96 Å². The number of aliphatic imine (C=N–C) groups is 1. The first-order chi connectivity index (χ1) is 11.9. The molecule has 1 aliphatic rings. The Hall–Kier alpha value is -1.96. The molecule has 1 saturated heterocycles. The maximum absolute atomic E-state index is 12.5. The second-order valence-electron chi connectivity index (χ2n) is 5.90. The molecule has 0 saturated carbocycles. The van der Waals surface area contributed by atoms with E-state index in [9.17, 15) is 13.2 Å². The topological polar surface area (TPSA) is 46.1 Å². The van der Waals surface area contributed by atoms with Crippen molar-refractivity contribution in [3.05, 3.63) is 29.8 Å². The standard InChI is InChI=1S/C17H24F3N3O2/c1-21-16(23-9-7-13(11-23)12-24-2)22-8-10-25-15-5-3-14(4-6-15)17(18,19)20/h3-6,13H,7-12H2,1-2H3,(H,21,22). The number of rotatable bonds is 6. The Morgan fingerprint density at radius 1 is 1.32 bits per heavy atom. The normalized spacial score (nSPS) is 18.5. The second kappa shape index (κ2) is 8.94. The monoisotopic (exact) mass is 359 g/mol. The minimum atomic E-state index is -4.33. The minimum Gasteiger partial charge on any atom is -0.492 e. The van der Waals surface area contributed by atoms with Gasteiger partial charge in [-0.15, -0.1) is 0 Å². The summed E-state index contributed by atoms with van der Waals surface area (Å²) in [7, 11) is 3.43.